The number of rotatable bonds is 13. The molecule has 72 heavy (non-hydrogen) atoms. The quantitative estimate of drug-likeness (QED) is 0.151. The molecular formula is C53H69N9O9S. The number of cyclic esters (lactones) is 1. The molecule has 1 unspecified atom stereocenters. The van der Waals surface area contributed by atoms with Crippen LogP contribution in [0.1, 0.15) is 101 Å². The zero-order chi connectivity index (χ0) is 50.1. The number of amides is 2. The minimum absolute atomic E-state index is 0.0955. The fourth-order valence-electron chi connectivity index (χ4n) is 10.9. The number of nitrogens with one attached hydrogen (secondary N) is 2. The maximum atomic E-state index is 14.7. The zero-order valence-electron chi connectivity index (χ0n) is 42.3. The van der Waals surface area contributed by atoms with Crippen LogP contribution >= 0.6 is 11.3 Å². The van der Waals surface area contributed by atoms with E-state index in [1.54, 1.807) is 7.11 Å². The summed E-state index contributed by atoms with van der Waals surface area (Å²) >= 11 is 1.33. The molecule has 18 nitrogen and oxygen atoms in total. The van der Waals surface area contributed by atoms with Gasteiger partial charge in [-0.2, -0.15) is 5.26 Å². The largest absolute Gasteiger partial charge is 0.464 e. The van der Waals surface area contributed by atoms with Gasteiger partial charge in [0.25, 0.3) is 11.8 Å². The first kappa shape index (κ1) is 50.5. The molecule has 0 radical (unpaired) electrons. The number of nitrogens with zero attached hydrogens (tertiary/aromatic N) is 7. The summed E-state index contributed by atoms with van der Waals surface area (Å²) in [6, 6.07) is 9.27. The number of thiazole rings is 1. The van der Waals surface area contributed by atoms with E-state index in [-0.39, 0.29) is 45.0 Å². The third-order valence-electron chi connectivity index (χ3n) is 15.3. The van der Waals surface area contributed by atoms with Crippen LogP contribution < -0.4 is 15.6 Å². The van der Waals surface area contributed by atoms with Gasteiger partial charge in [0.05, 0.1) is 61.0 Å². The summed E-state index contributed by atoms with van der Waals surface area (Å²) in [5, 5.41) is 17.7. The number of methoxy groups -OCH3 is 1. The highest BCUT2D eigenvalue weighted by atomic mass is 32.1. The normalized spacial score (nSPS) is 25.9. The molecule has 2 amide bonds. The Labute approximate surface area is 425 Å². The number of benzene rings is 1. The van der Waals surface area contributed by atoms with Crippen molar-refractivity contribution in [3.63, 3.8) is 0 Å². The van der Waals surface area contributed by atoms with Crippen LogP contribution in [0, 0.1) is 16.7 Å². The molecular weight excluding hydrogens is 939 g/mol. The third-order valence-corrected chi connectivity index (χ3v) is 16.2. The van der Waals surface area contributed by atoms with Crippen molar-refractivity contribution in [2.75, 3.05) is 84.4 Å². The van der Waals surface area contributed by atoms with E-state index in [1.807, 2.05) is 31.5 Å². The molecule has 19 heteroatoms. The topological polar surface area (TPSA) is 195 Å². The lowest BCUT2D eigenvalue weighted by atomic mass is 9.84. The Balaban J connectivity index is 1.12. The van der Waals surface area contributed by atoms with Gasteiger partial charge in [0.15, 0.2) is 0 Å². The van der Waals surface area contributed by atoms with Crippen LogP contribution in [0.25, 0.3) is 33.4 Å². The van der Waals surface area contributed by atoms with Gasteiger partial charge in [0, 0.05) is 111 Å². The molecule has 1 aliphatic carbocycles. The van der Waals surface area contributed by atoms with E-state index in [1.165, 1.54) is 29.2 Å². The van der Waals surface area contributed by atoms with Gasteiger partial charge in [-0.05, 0) is 82.6 Å². The van der Waals surface area contributed by atoms with E-state index in [4.69, 9.17) is 38.4 Å². The Morgan fingerprint density at radius 1 is 1.06 bits per heavy atom. The van der Waals surface area contributed by atoms with Gasteiger partial charge in [0.2, 0.25) is 5.60 Å². The molecule has 4 aromatic rings. The number of esters is 1. The van der Waals surface area contributed by atoms with Crippen LogP contribution in [0.15, 0.2) is 35.8 Å². The van der Waals surface area contributed by atoms with Crippen molar-refractivity contribution in [3.8, 4) is 28.6 Å². The molecule has 8 heterocycles. The van der Waals surface area contributed by atoms with E-state index in [0.717, 1.165) is 83.7 Å². The molecule has 6 aliphatic rings. The summed E-state index contributed by atoms with van der Waals surface area (Å²) < 4.78 is 38.9. The Morgan fingerprint density at radius 3 is 2.56 bits per heavy atom. The van der Waals surface area contributed by atoms with Crippen molar-refractivity contribution >= 4 is 45.7 Å². The third kappa shape index (κ3) is 10.4. The van der Waals surface area contributed by atoms with Crippen LogP contribution in [-0.4, -0.2) is 152 Å². The van der Waals surface area contributed by atoms with Gasteiger partial charge in [0.1, 0.15) is 29.3 Å². The predicted molar refractivity (Wildman–Crippen MR) is 270 cm³/mol. The van der Waals surface area contributed by atoms with Crippen LogP contribution in [0.3, 0.4) is 0 Å². The van der Waals surface area contributed by atoms with Crippen molar-refractivity contribution < 1.29 is 42.8 Å². The average Bonchev–Trinajstić information content (AvgIpc) is 4.05. The summed E-state index contributed by atoms with van der Waals surface area (Å²) in [6.45, 7) is 15.1. The number of ether oxygens (including phenoxy) is 6. The second-order valence-corrected chi connectivity index (χ2v) is 21.7. The summed E-state index contributed by atoms with van der Waals surface area (Å²) in [7, 11) is 1.72. The van der Waals surface area contributed by atoms with Gasteiger partial charge < -0.3 is 43.2 Å². The van der Waals surface area contributed by atoms with Gasteiger partial charge >= 0.3 is 5.97 Å². The smallest absolute Gasteiger partial charge is 0.324 e. The Kier molecular flexibility index (Phi) is 15.0. The first-order chi connectivity index (χ1) is 34.9. The fraction of sp³-hybridized carbons (Fsp3) is 0.623. The van der Waals surface area contributed by atoms with Crippen LogP contribution in [0.2, 0.25) is 0 Å². The molecule has 386 valence electrons. The number of carbonyl (C=O) groups is 3. The molecule has 6 bridgehead atoms. The number of hydrogen-bond donors (Lipinski definition) is 2. The number of aromatic nitrogens is 3. The highest BCUT2D eigenvalue weighted by Gasteiger charge is 2.50. The number of pyridine rings is 1. The fourth-order valence-corrected chi connectivity index (χ4v) is 11.8. The Hall–Kier alpha value is -5.04. The van der Waals surface area contributed by atoms with Crippen molar-refractivity contribution in [1.82, 2.24) is 35.2 Å². The number of carbonyl (C=O) groups excluding carboxylic acids is 3. The number of hydrazine groups is 1. The lowest BCUT2D eigenvalue weighted by molar-refractivity contribution is -0.166. The van der Waals surface area contributed by atoms with Gasteiger partial charge in [-0.1, -0.05) is 19.9 Å². The van der Waals surface area contributed by atoms with Gasteiger partial charge in [-0.3, -0.25) is 29.3 Å². The lowest BCUT2D eigenvalue weighted by Crippen LogP contribution is -2.64. The van der Waals surface area contributed by atoms with E-state index in [2.05, 4.69) is 63.2 Å². The SMILES string of the molecule is CCO[C@@H]1c2nc(cs2)-c2ccc3c(c2)c(c(-c2cc(N4CCN(C5CC5)CC4)cnc2[C@H](C)OC)n3CCOC2CCOCC2)CC(C)(C)COC(=O)[C@@H]2CCCN(N2)C(=O)[C@H]1NC(=O)C1(C#N)CCO1. The Morgan fingerprint density at radius 2 is 1.85 bits per heavy atom. The predicted octanol–water partition coefficient (Wildman–Crippen LogP) is 5.88. The van der Waals surface area contributed by atoms with E-state index < -0.39 is 47.0 Å². The van der Waals surface area contributed by atoms with Crippen molar-refractivity contribution in [2.45, 2.75) is 128 Å². The number of piperazine rings is 1. The second kappa shape index (κ2) is 21.4. The monoisotopic (exact) mass is 1010 g/mol. The molecule has 5 atom stereocenters. The molecule has 5 fully saturated rings. The van der Waals surface area contributed by atoms with E-state index >= 15 is 0 Å². The number of fused-ring (bicyclic) bond motifs is 6. The molecule has 3 aromatic heterocycles. The van der Waals surface area contributed by atoms with Crippen molar-refractivity contribution in [2.24, 2.45) is 5.41 Å². The summed E-state index contributed by atoms with van der Waals surface area (Å²) in [6.07, 6.45) is 6.65. The standard InChI is InChI=1S/C53H69N9O9S/c1-6-68-47-45(57-51(65)53(31-54)15-24-71-53)49(63)62-16-7-8-41(58-62)50(64)70-32-52(3,4)28-40-38-26-34(42-30-72-48(47)56-42)9-12-43(38)61(21-25-69-37-13-22-67-23-14-37)46(40)39-27-36(29-55-44(39)33(2)66-5)60-19-17-59(18-20-60)35-10-11-35/h9,12,26-27,29-30,33,35,37,41,45,47,58H,6-8,10-11,13-25,28,32H2,1-5H3,(H,57,65)/t33-,41-,45-,47-,53?/m0/s1. The number of hydrogen-bond acceptors (Lipinski definition) is 16. The second-order valence-electron chi connectivity index (χ2n) is 20.8. The van der Waals surface area contributed by atoms with Crippen LogP contribution in [-0.2, 0) is 55.8 Å². The van der Waals surface area contributed by atoms with Crippen molar-refractivity contribution in [1.29, 1.82) is 5.26 Å². The summed E-state index contributed by atoms with van der Waals surface area (Å²) in [4.78, 5) is 58.3. The molecule has 2 N–H and O–H groups in total. The molecule has 4 saturated heterocycles. The van der Waals surface area contributed by atoms with E-state index in [0.29, 0.717) is 62.4 Å². The summed E-state index contributed by atoms with van der Waals surface area (Å²) in [5.41, 5.74) is 8.31. The maximum absolute atomic E-state index is 14.7. The minimum atomic E-state index is -1.73. The maximum Gasteiger partial charge on any atom is 0.324 e. The lowest BCUT2D eigenvalue weighted by Gasteiger charge is -2.39. The number of anilines is 1. The minimum Gasteiger partial charge on any atom is -0.464 e. The first-order valence-corrected chi connectivity index (χ1v) is 26.8. The zero-order valence-corrected chi connectivity index (χ0v) is 43.1. The molecule has 1 aromatic carbocycles. The molecule has 1 saturated carbocycles. The van der Waals surface area contributed by atoms with Gasteiger partial charge in [-0.15, -0.1) is 11.3 Å². The van der Waals surface area contributed by atoms with Crippen LogP contribution in [0.5, 0.6) is 0 Å². The van der Waals surface area contributed by atoms with Crippen LogP contribution in [0.4, 0.5) is 5.69 Å². The van der Waals surface area contributed by atoms with Gasteiger partial charge in [-0.25, -0.2) is 10.4 Å². The van der Waals surface area contributed by atoms with Crippen molar-refractivity contribution in [3.05, 3.63) is 52.1 Å². The summed E-state index contributed by atoms with van der Waals surface area (Å²) in [5.74, 6) is -1.75. The first-order valence-electron chi connectivity index (χ1n) is 25.9. The highest BCUT2D eigenvalue weighted by Crippen LogP contribution is 2.44. The molecule has 0 spiro atoms. The van der Waals surface area contributed by atoms with E-state index in [9.17, 15) is 19.6 Å². The molecule has 5 aliphatic heterocycles. The number of nitriles is 1. The molecule has 10 rings (SSSR count). The average molecular weight is 1010 g/mol. The Bertz CT molecular complexity index is 2660. The highest BCUT2D eigenvalue weighted by molar-refractivity contribution is 7.10.